The van der Waals surface area contributed by atoms with Gasteiger partial charge in [-0.3, -0.25) is 0 Å². The van der Waals surface area contributed by atoms with E-state index in [1.165, 1.54) is 36.9 Å². The first-order valence-electron chi connectivity index (χ1n) is 14.4. The molecule has 0 spiro atoms. The highest BCUT2D eigenvalue weighted by Crippen LogP contribution is 2.60. The maximum Gasteiger partial charge on any atom is 0.144 e. The minimum absolute atomic E-state index is 0.203. The zero-order valence-corrected chi connectivity index (χ0v) is 25.6. The molecule has 12 heteroatoms. The number of hydrogen-bond donors (Lipinski definition) is 0. The minimum Gasteiger partial charge on any atom is -0.354 e. The van der Waals surface area contributed by atoms with Crippen molar-refractivity contribution < 1.29 is 18.3 Å². The molecule has 4 heterocycles. The number of aromatic nitrogens is 6. The SMILES string of the molecule is Fc1ccc([C@@]2(Cn3cncn3)O[C@@H]2c2ccccc2Cl)cc1.Fc1ccc([C@]2(Cn3cncn3)O[C@H]2c2ccccc2Cl)cc1. The Morgan fingerprint density at radius 3 is 1.33 bits per heavy atom. The van der Waals surface area contributed by atoms with E-state index in [-0.39, 0.29) is 23.8 Å². The van der Waals surface area contributed by atoms with Crippen LogP contribution in [0.3, 0.4) is 0 Å². The predicted octanol–water partition coefficient (Wildman–Crippen LogP) is 7.48. The molecule has 2 fully saturated rings. The Balaban J connectivity index is 0.000000147. The quantitative estimate of drug-likeness (QED) is 0.158. The summed E-state index contributed by atoms with van der Waals surface area (Å²) in [7, 11) is 0. The average molecular weight is 660 g/mol. The standard InChI is InChI=1S/2C17H13ClFN3O/c2*18-15-4-2-1-3-14(15)16-17(23-16,9-22-11-20-10-21-22)12-5-7-13(19)8-6-12/h2*1-8,10-11,16H,9H2/t2*16-,17-/m10/s1. The summed E-state index contributed by atoms with van der Waals surface area (Å²) in [5.41, 5.74) is 2.37. The number of halogens is 4. The minimum atomic E-state index is -0.619. The van der Waals surface area contributed by atoms with Crippen molar-refractivity contribution in [2.45, 2.75) is 36.5 Å². The molecule has 2 aliphatic rings. The first-order chi connectivity index (χ1) is 22.4. The fourth-order valence-electron chi connectivity index (χ4n) is 5.79. The molecule has 8 rings (SSSR count). The lowest BCUT2D eigenvalue weighted by atomic mass is 9.91. The maximum atomic E-state index is 13.3. The molecule has 0 amide bonds. The topological polar surface area (TPSA) is 86.5 Å². The van der Waals surface area contributed by atoms with E-state index in [0.29, 0.717) is 23.1 Å². The fraction of sp³-hybridized carbons (Fsp3) is 0.176. The molecular formula is C34H26Cl2F2N6O2. The van der Waals surface area contributed by atoms with Crippen LogP contribution in [0.5, 0.6) is 0 Å². The molecule has 46 heavy (non-hydrogen) atoms. The third-order valence-electron chi connectivity index (χ3n) is 8.16. The van der Waals surface area contributed by atoms with Gasteiger partial charge < -0.3 is 9.47 Å². The first kappa shape index (κ1) is 30.2. The van der Waals surface area contributed by atoms with Gasteiger partial charge in [-0.1, -0.05) is 83.9 Å². The highest BCUT2D eigenvalue weighted by molar-refractivity contribution is 6.31. The second-order valence-corrected chi connectivity index (χ2v) is 11.8. The molecule has 2 aromatic heterocycles. The average Bonchev–Trinajstić information content (AvgIpc) is 3.75. The van der Waals surface area contributed by atoms with Crippen LogP contribution >= 0.6 is 23.2 Å². The van der Waals surface area contributed by atoms with Crippen molar-refractivity contribution in [3.05, 3.63) is 166 Å². The van der Waals surface area contributed by atoms with Crippen LogP contribution in [0.1, 0.15) is 34.5 Å². The molecule has 6 aromatic rings. The molecule has 4 atom stereocenters. The number of hydrogen-bond acceptors (Lipinski definition) is 6. The van der Waals surface area contributed by atoms with E-state index in [2.05, 4.69) is 20.2 Å². The highest BCUT2D eigenvalue weighted by atomic mass is 35.5. The Morgan fingerprint density at radius 1 is 0.587 bits per heavy atom. The second kappa shape index (κ2) is 12.4. The molecule has 0 bridgehead atoms. The third-order valence-corrected chi connectivity index (χ3v) is 8.85. The molecule has 4 aromatic carbocycles. The van der Waals surface area contributed by atoms with Crippen LogP contribution in [0, 0.1) is 11.6 Å². The summed E-state index contributed by atoms with van der Waals surface area (Å²) in [6.45, 7) is 0.961. The Bertz CT molecular complexity index is 1790. The number of nitrogens with zero attached hydrogens (tertiary/aromatic N) is 6. The fourth-order valence-corrected chi connectivity index (χ4v) is 6.26. The van der Waals surface area contributed by atoms with Gasteiger partial charge in [-0.15, -0.1) is 0 Å². The third kappa shape index (κ3) is 5.92. The van der Waals surface area contributed by atoms with Crippen LogP contribution in [0.4, 0.5) is 8.78 Å². The lowest BCUT2D eigenvalue weighted by molar-refractivity contribution is 0.262. The van der Waals surface area contributed by atoms with Crippen LogP contribution < -0.4 is 0 Å². The van der Waals surface area contributed by atoms with E-state index in [1.54, 1.807) is 46.3 Å². The zero-order valence-electron chi connectivity index (χ0n) is 24.1. The van der Waals surface area contributed by atoms with Crippen molar-refractivity contribution in [3.8, 4) is 0 Å². The molecule has 2 aliphatic heterocycles. The summed E-state index contributed by atoms with van der Waals surface area (Å²) in [4.78, 5) is 7.93. The van der Waals surface area contributed by atoms with Gasteiger partial charge in [-0.25, -0.2) is 28.1 Å². The van der Waals surface area contributed by atoms with Crippen LogP contribution in [0.25, 0.3) is 0 Å². The lowest BCUT2D eigenvalue weighted by Gasteiger charge is -2.14. The van der Waals surface area contributed by atoms with Gasteiger partial charge in [0.05, 0.1) is 13.1 Å². The Labute approximate surface area is 273 Å². The summed E-state index contributed by atoms with van der Waals surface area (Å²) in [6, 6.07) is 27.9. The number of epoxide rings is 2. The largest absolute Gasteiger partial charge is 0.354 e. The molecule has 0 saturated carbocycles. The molecular weight excluding hydrogens is 633 g/mol. The van der Waals surface area contributed by atoms with Crippen LogP contribution in [-0.2, 0) is 33.8 Å². The van der Waals surface area contributed by atoms with Crippen LogP contribution in [0.2, 0.25) is 10.0 Å². The number of ether oxygens (including phenoxy) is 2. The van der Waals surface area contributed by atoms with E-state index in [4.69, 9.17) is 32.7 Å². The Kier molecular flexibility index (Phi) is 8.12. The van der Waals surface area contributed by atoms with Gasteiger partial charge in [0.25, 0.3) is 0 Å². The van der Waals surface area contributed by atoms with Gasteiger partial charge in [-0.2, -0.15) is 10.2 Å². The summed E-state index contributed by atoms with van der Waals surface area (Å²) >= 11 is 12.6. The van der Waals surface area contributed by atoms with Crippen molar-refractivity contribution in [2.24, 2.45) is 0 Å². The predicted molar refractivity (Wildman–Crippen MR) is 167 cm³/mol. The van der Waals surface area contributed by atoms with Gasteiger partial charge in [0, 0.05) is 21.2 Å². The van der Waals surface area contributed by atoms with Gasteiger partial charge in [0.2, 0.25) is 0 Å². The molecule has 2 saturated heterocycles. The van der Waals surface area contributed by atoms with Crippen molar-refractivity contribution in [3.63, 3.8) is 0 Å². The summed E-state index contributed by atoms with van der Waals surface area (Å²) in [5, 5.41) is 9.61. The first-order valence-corrected chi connectivity index (χ1v) is 15.1. The second-order valence-electron chi connectivity index (χ2n) is 11.0. The number of benzene rings is 4. The van der Waals surface area contributed by atoms with Crippen molar-refractivity contribution in [1.82, 2.24) is 29.5 Å². The molecule has 8 nitrogen and oxygen atoms in total. The normalized spacial score (nSPS) is 23.0. The smallest absolute Gasteiger partial charge is 0.144 e. The molecule has 0 N–H and O–H groups in total. The van der Waals surface area contributed by atoms with E-state index < -0.39 is 11.2 Å². The van der Waals surface area contributed by atoms with Crippen LogP contribution in [0.15, 0.2) is 122 Å². The van der Waals surface area contributed by atoms with E-state index in [9.17, 15) is 8.78 Å². The Morgan fingerprint density at radius 2 is 0.978 bits per heavy atom. The van der Waals surface area contributed by atoms with Gasteiger partial charge in [-0.05, 0) is 47.5 Å². The lowest BCUT2D eigenvalue weighted by Crippen LogP contribution is -2.19. The molecule has 0 aliphatic carbocycles. The van der Waals surface area contributed by atoms with E-state index >= 15 is 0 Å². The summed E-state index contributed by atoms with van der Waals surface area (Å²) < 4.78 is 42.1. The molecule has 0 radical (unpaired) electrons. The van der Waals surface area contributed by atoms with Crippen molar-refractivity contribution in [1.29, 1.82) is 0 Å². The summed E-state index contributed by atoms with van der Waals surface area (Å²) in [5.74, 6) is -0.556. The van der Waals surface area contributed by atoms with Crippen molar-refractivity contribution >= 4 is 23.2 Å². The van der Waals surface area contributed by atoms with E-state index in [1.807, 2.05) is 48.5 Å². The van der Waals surface area contributed by atoms with Crippen LogP contribution in [-0.4, -0.2) is 29.5 Å². The van der Waals surface area contributed by atoms with Gasteiger partial charge in [0.15, 0.2) is 0 Å². The number of rotatable bonds is 8. The monoisotopic (exact) mass is 658 g/mol. The molecule has 0 unspecified atom stereocenters. The van der Waals surface area contributed by atoms with Gasteiger partial charge in [0.1, 0.15) is 60.4 Å². The highest BCUT2D eigenvalue weighted by Gasteiger charge is 2.60. The van der Waals surface area contributed by atoms with Crippen molar-refractivity contribution in [2.75, 3.05) is 0 Å². The van der Waals surface area contributed by atoms with E-state index in [0.717, 1.165) is 22.3 Å². The maximum absolute atomic E-state index is 13.3. The Hall–Kier alpha value is -4.48. The summed E-state index contributed by atoms with van der Waals surface area (Å²) in [6.07, 6.45) is 5.82. The zero-order chi connectivity index (χ0) is 31.7. The van der Waals surface area contributed by atoms with Gasteiger partial charge >= 0.3 is 0 Å². The molecule has 232 valence electrons.